The second-order valence-electron chi connectivity index (χ2n) is 8.45. The lowest BCUT2D eigenvalue weighted by atomic mass is 10.1. The molecule has 3 aromatic carbocycles. The number of rotatable bonds is 3. The molecule has 0 N–H and O–H groups in total. The predicted molar refractivity (Wildman–Crippen MR) is 135 cm³/mol. The minimum absolute atomic E-state index is 0.0722. The van der Waals surface area contributed by atoms with E-state index >= 15 is 0 Å². The molecule has 1 aliphatic carbocycles. The van der Waals surface area contributed by atoms with E-state index in [2.05, 4.69) is 10.1 Å². The number of fused-ring (bicyclic) bond motifs is 2. The molecule has 0 radical (unpaired) electrons. The van der Waals surface area contributed by atoms with Gasteiger partial charge < -0.3 is 9.42 Å². The number of anilines is 1. The van der Waals surface area contributed by atoms with Gasteiger partial charge in [-0.25, -0.2) is 0 Å². The van der Waals surface area contributed by atoms with E-state index in [0.29, 0.717) is 27.3 Å². The molecule has 1 aromatic heterocycles. The van der Waals surface area contributed by atoms with Crippen LogP contribution in [0.25, 0.3) is 22.8 Å². The maximum Gasteiger partial charge on any atom is 0.259 e. The van der Waals surface area contributed by atoms with Crippen LogP contribution in [0, 0.1) is 0 Å². The Balaban J connectivity index is 1.42. The summed E-state index contributed by atoms with van der Waals surface area (Å²) in [5.41, 5.74) is 3.21. The molecule has 2 heterocycles. The molecule has 1 aliphatic heterocycles. The van der Waals surface area contributed by atoms with Crippen LogP contribution in [0.4, 0.5) is 5.69 Å². The predicted octanol–water partition coefficient (Wildman–Crippen LogP) is 7.76. The van der Waals surface area contributed by atoms with Crippen molar-refractivity contribution in [2.75, 3.05) is 4.90 Å². The number of carbonyl (C=O) groups excluding carboxylic acids is 1. The summed E-state index contributed by atoms with van der Waals surface area (Å²) >= 11 is 13.8. The third-order valence-corrected chi connectivity index (χ3v) is 8.18. The average molecular weight is 508 g/mol. The average Bonchev–Trinajstić information content (AvgIpc) is 3.53. The molecule has 170 valence electrons. The molecule has 1 fully saturated rings. The fourth-order valence-corrected chi connectivity index (χ4v) is 6.04. The molecule has 4 aromatic rings. The number of aromatic nitrogens is 2. The highest BCUT2D eigenvalue weighted by Gasteiger charge is 2.34. The number of amides is 1. The van der Waals surface area contributed by atoms with E-state index in [1.54, 1.807) is 30.0 Å². The zero-order valence-corrected chi connectivity index (χ0v) is 20.3. The summed E-state index contributed by atoms with van der Waals surface area (Å²) in [5.74, 6) is 0.910. The van der Waals surface area contributed by atoms with E-state index in [1.807, 2.05) is 47.4 Å². The smallest absolute Gasteiger partial charge is 0.259 e. The van der Waals surface area contributed by atoms with E-state index in [0.717, 1.165) is 52.3 Å². The van der Waals surface area contributed by atoms with Crippen LogP contribution < -0.4 is 4.90 Å². The molecule has 0 spiro atoms. The lowest BCUT2D eigenvalue weighted by Crippen LogP contribution is -2.39. The Bertz CT molecular complexity index is 1410. The van der Waals surface area contributed by atoms with Gasteiger partial charge in [-0.15, -0.1) is 0 Å². The zero-order chi connectivity index (χ0) is 23.2. The molecule has 0 bridgehead atoms. The lowest BCUT2D eigenvalue weighted by molar-refractivity contribution is 0.0974. The van der Waals surface area contributed by atoms with Gasteiger partial charge in [-0.05, 0) is 61.4 Å². The first-order valence-electron chi connectivity index (χ1n) is 11.1. The summed E-state index contributed by atoms with van der Waals surface area (Å²) in [6.07, 6.45) is 4.35. The molecule has 0 unspecified atom stereocenters. The van der Waals surface area contributed by atoms with Crippen LogP contribution in [0.2, 0.25) is 10.0 Å². The van der Waals surface area contributed by atoms with Crippen molar-refractivity contribution in [3.63, 3.8) is 0 Å². The Kier molecular flexibility index (Phi) is 5.60. The maximum absolute atomic E-state index is 13.6. The van der Waals surface area contributed by atoms with E-state index < -0.39 is 0 Å². The Hall–Kier alpha value is -2.80. The summed E-state index contributed by atoms with van der Waals surface area (Å²) in [6, 6.07) is 19.2. The highest BCUT2D eigenvalue weighted by Crippen LogP contribution is 2.45. The zero-order valence-electron chi connectivity index (χ0n) is 18.0. The quantitative estimate of drug-likeness (QED) is 0.283. The van der Waals surface area contributed by atoms with Crippen molar-refractivity contribution in [1.82, 2.24) is 10.1 Å². The molecule has 1 amide bonds. The van der Waals surface area contributed by atoms with Gasteiger partial charge in [-0.2, -0.15) is 4.98 Å². The summed E-state index contributed by atoms with van der Waals surface area (Å²) in [7, 11) is 0. The monoisotopic (exact) mass is 507 g/mol. The standard InChI is InChI=1S/C26H19Cl2N3O2S/c27-19-11-9-16(13-20(19)28)25-29-24(30-33-25)15-10-12-21-23(14-15)34-22-8-4-3-7-18(22)26(32)31(21)17-5-1-2-6-17/h3-4,7-14,17H,1-2,5-6H2. The molecule has 6 rings (SSSR count). The van der Waals surface area contributed by atoms with Crippen molar-refractivity contribution < 1.29 is 9.32 Å². The lowest BCUT2D eigenvalue weighted by Gasteiger charge is -2.29. The molecule has 8 heteroatoms. The van der Waals surface area contributed by atoms with Crippen molar-refractivity contribution in [3.8, 4) is 22.8 Å². The SMILES string of the molecule is O=C1c2ccccc2Sc2cc(-c3noc(-c4ccc(Cl)c(Cl)c4)n3)ccc2N1C1CCCC1. The summed E-state index contributed by atoms with van der Waals surface area (Å²) in [4.78, 5) is 22.1. The normalized spacial score (nSPS) is 15.8. The number of hydrogen-bond donors (Lipinski definition) is 0. The van der Waals surface area contributed by atoms with Gasteiger partial charge in [-0.3, -0.25) is 4.79 Å². The molecule has 2 aliphatic rings. The second-order valence-corrected chi connectivity index (χ2v) is 10.3. The van der Waals surface area contributed by atoms with Gasteiger partial charge in [0, 0.05) is 27.0 Å². The summed E-state index contributed by atoms with van der Waals surface area (Å²) in [5, 5.41) is 5.08. The van der Waals surface area contributed by atoms with Crippen molar-refractivity contribution >= 4 is 46.6 Å². The highest BCUT2D eigenvalue weighted by molar-refractivity contribution is 7.99. The maximum atomic E-state index is 13.6. The topological polar surface area (TPSA) is 59.2 Å². The van der Waals surface area contributed by atoms with Gasteiger partial charge in [0.2, 0.25) is 5.82 Å². The van der Waals surface area contributed by atoms with Crippen molar-refractivity contribution in [2.24, 2.45) is 0 Å². The highest BCUT2D eigenvalue weighted by atomic mass is 35.5. The Labute approximate surface area is 211 Å². The fraction of sp³-hybridized carbons (Fsp3) is 0.192. The number of carbonyl (C=O) groups is 1. The molecule has 1 saturated carbocycles. The largest absolute Gasteiger partial charge is 0.334 e. The van der Waals surface area contributed by atoms with Crippen LogP contribution in [0.5, 0.6) is 0 Å². The molecular formula is C26H19Cl2N3O2S. The van der Waals surface area contributed by atoms with Crippen LogP contribution in [0.1, 0.15) is 36.0 Å². The van der Waals surface area contributed by atoms with Gasteiger partial charge in [-0.1, -0.05) is 65.1 Å². The van der Waals surface area contributed by atoms with Crippen LogP contribution in [-0.4, -0.2) is 22.1 Å². The minimum Gasteiger partial charge on any atom is -0.334 e. The number of hydrogen-bond acceptors (Lipinski definition) is 5. The number of benzene rings is 3. The van der Waals surface area contributed by atoms with Crippen LogP contribution in [0.15, 0.2) is 75.0 Å². The van der Waals surface area contributed by atoms with Crippen LogP contribution in [0.3, 0.4) is 0 Å². The molecular weight excluding hydrogens is 489 g/mol. The van der Waals surface area contributed by atoms with Gasteiger partial charge in [0.15, 0.2) is 0 Å². The van der Waals surface area contributed by atoms with Crippen molar-refractivity contribution in [2.45, 2.75) is 41.5 Å². The summed E-state index contributed by atoms with van der Waals surface area (Å²) in [6.45, 7) is 0. The van der Waals surface area contributed by atoms with Crippen molar-refractivity contribution in [3.05, 3.63) is 76.3 Å². The molecule has 0 saturated heterocycles. The van der Waals surface area contributed by atoms with Crippen LogP contribution >= 0.6 is 35.0 Å². The Morgan fingerprint density at radius 2 is 1.71 bits per heavy atom. The third kappa shape index (κ3) is 3.80. The van der Waals surface area contributed by atoms with E-state index in [1.165, 1.54) is 0 Å². The van der Waals surface area contributed by atoms with Crippen molar-refractivity contribution in [1.29, 1.82) is 0 Å². The minimum atomic E-state index is 0.0722. The van der Waals surface area contributed by atoms with Crippen LogP contribution in [-0.2, 0) is 0 Å². The number of halogens is 2. The fourth-order valence-electron chi connectivity index (χ4n) is 4.64. The van der Waals surface area contributed by atoms with Gasteiger partial charge in [0.1, 0.15) is 0 Å². The second kappa shape index (κ2) is 8.77. The first-order chi connectivity index (χ1) is 16.6. The molecule has 34 heavy (non-hydrogen) atoms. The van der Waals surface area contributed by atoms with Gasteiger partial charge in [0.25, 0.3) is 11.8 Å². The molecule has 5 nitrogen and oxygen atoms in total. The Morgan fingerprint density at radius 3 is 2.53 bits per heavy atom. The Morgan fingerprint density at radius 1 is 0.912 bits per heavy atom. The first kappa shape index (κ1) is 21.7. The number of nitrogens with zero attached hydrogens (tertiary/aromatic N) is 3. The van der Waals surface area contributed by atoms with Gasteiger partial charge in [0.05, 0.1) is 21.3 Å². The first-order valence-corrected chi connectivity index (χ1v) is 12.7. The third-order valence-electron chi connectivity index (χ3n) is 6.32. The summed E-state index contributed by atoms with van der Waals surface area (Å²) < 4.78 is 5.51. The molecule has 0 atom stereocenters. The van der Waals surface area contributed by atoms with E-state index in [9.17, 15) is 4.79 Å². The van der Waals surface area contributed by atoms with E-state index in [-0.39, 0.29) is 11.9 Å². The van der Waals surface area contributed by atoms with E-state index in [4.69, 9.17) is 27.7 Å². The van der Waals surface area contributed by atoms with Gasteiger partial charge >= 0.3 is 0 Å².